The van der Waals surface area contributed by atoms with E-state index in [0.29, 0.717) is 11.9 Å². The Hall–Kier alpha value is -1.79. The van der Waals surface area contributed by atoms with E-state index in [1.807, 2.05) is 6.07 Å². The molecule has 0 fully saturated rings. The Balaban J connectivity index is 2.01. The standard InChI is InChI=1S/C15H17FN4S/c1-2-6-17-7-14-11(8-20-10-18-9-19-20)15-12(16)4-3-5-13(15)21-14/h3-5,9-10,17H,2,6-8H2,1H3. The highest BCUT2D eigenvalue weighted by Crippen LogP contribution is 2.33. The summed E-state index contributed by atoms with van der Waals surface area (Å²) in [6, 6.07) is 5.25. The van der Waals surface area contributed by atoms with E-state index in [0.717, 1.165) is 29.8 Å². The van der Waals surface area contributed by atoms with Gasteiger partial charge in [-0.15, -0.1) is 11.3 Å². The van der Waals surface area contributed by atoms with Gasteiger partial charge in [-0.05, 0) is 30.7 Å². The Labute approximate surface area is 126 Å². The van der Waals surface area contributed by atoms with Crippen molar-refractivity contribution in [3.8, 4) is 0 Å². The van der Waals surface area contributed by atoms with Gasteiger partial charge in [0.05, 0.1) is 6.54 Å². The van der Waals surface area contributed by atoms with Gasteiger partial charge in [0.2, 0.25) is 0 Å². The molecule has 3 aromatic rings. The van der Waals surface area contributed by atoms with E-state index in [-0.39, 0.29) is 5.82 Å². The Kier molecular flexibility index (Phi) is 4.26. The third kappa shape index (κ3) is 2.96. The van der Waals surface area contributed by atoms with Crippen molar-refractivity contribution in [2.24, 2.45) is 0 Å². The van der Waals surface area contributed by atoms with Crippen LogP contribution in [0.2, 0.25) is 0 Å². The van der Waals surface area contributed by atoms with Crippen molar-refractivity contribution in [1.82, 2.24) is 20.1 Å². The Morgan fingerprint density at radius 1 is 1.38 bits per heavy atom. The fraction of sp³-hybridized carbons (Fsp3) is 0.333. The molecule has 1 aromatic carbocycles. The molecule has 3 rings (SSSR count). The summed E-state index contributed by atoms with van der Waals surface area (Å²) in [5, 5.41) is 8.24. The van der Waals surface area contributed by atoms with Crippen LogP contribution in [0.25, 0.3) is 10.1 Å². The summed E-state index contributed by atoms with van der Waals surface area (Å²) in [5.74, 6) is -0.166. The average molecular weight is 304 g/mol. The van der Waals surface area contributed by atoms with Crippen LogP contribution in [0.15, 0.2) is 30.9 Å². The Bertz CT molecular complexity index is 721. The minimum Gasteiger partial charge on any atom is -0.312 e. The van der Waals surface area contributed by atoms with Gasteiger partial charge in [-0.2, -0.15) is 5.10 Å². The molecule has 110 valence electrons. The normalized spacial score (nSPS) is 11.3. The van der Waals surface area contributed by atoms with E-state index in [2.05, 4.69) is 22.3 Å². The van der Waals surface area contributed by atoms with Crippen LogP contribution in [-0.4, -0.2) is 21.3 Å². The van der Waals surface area contributed by atoms with E-state index in [9.17, 15) is 4.39 Å². The molecule has 0 aliphatic rings. The number of rotatable bonds is 6. The number of nitrogens with zero attached hydrogens (tertiary/aromatic N) is 3. The predicted octanol–water partition coefficient (Wildman–Crippen LogP) is 3.18. The molecule has 2 heterocycles. The summed E-state index contributed by atoms with van der Waals surface area (Å²) in [6.45, 7) is 4.40. The van der Waals surface area contributed by atoms with Gasteiger partial charge < -0.3 is 5.32 Å². The fourth-order valence-corrected chi connectivity index (χ4v) is 3.58. The topological polar surface area (TPSA) is 42.7 Å². The third-order valence-corrected chi connectivity index (χ3v) is 4.54. The van der Waals surface area contributed by atoms with Gasteiger partial charge in [-0.1, -0.05) is 13.0 Å². The number of hydrogen-bond donors (Lipinski definition) is 1. The molecule has 6 heteroatoms. The Morgan fingerprint density at radius 2 is 2.29 bits per heavy atom. The molecule has 0 amide bonds. The molecule has 0 bridgehead atoms. The zero-order valence-electron chi connectivity index (χ0n) is 11.8. The lowest BCUT2D eigenvalue weighted by molar-refractivity contribution is 0.632. The van der Waals surface area contributed by atoms with Crippen LogP contribution in [0.3, 0.4) is 0 Å². The monoisotopic (exact) mass is 304 g/mol. The number of fused-ring (bicyclic) bond motifs is 1. The van der Waals surface area contributed by atoms with E-state index < -0.39 is 0 Å². The lowest BCUT2D eigenvalue weighted by Crippen LogP contribution is -2.14. The van der Waals surface area contributed by atoms with Gasteiger partial charge in [-0.3, -0.25) is 0 Å². The summed E-state index contributed by atoms with van der Waals surface area (Å²) >= 11 is 1.65. The molecule has 0 aliphatic heterocycles. The first-order chi connectivity index (χ1) is 10.3. The fourth-order valence-electron chi connectivity index (χ4n) is 2.38. The van der Waals surface area contributed by atoms with E-state index in [1.54, 1.807) is 28.4 Å². The molecule has 4 nitrogen and oxygen atoms in total. The molecule has 1 N–H and O–H groups in total. The maximum Gasteiger partial charge on any atom is 0.137 e. The number of benzene rings is 1. The van der Waals surface area contributed by atoms with Crippen LogP contribution in [0.4, 0.5) is 4.39 Å². The van der Waals surface area contributed by atoms with Gasteiger partial charge in [0.15, 0.2) is 0 Å². The van der Waals surface area contributed by atoms with Crippen molar-refractivity contribution >= 4 is 21.4 Å². The minimum absolute atomic E-state index is 0.166. The molecule has 0 saturated heterocycles. The zero-order valence-corrected chi connectivity index (χ0v) is 12.7. The summed E-state index contributed by atoms with van der Waals surface area (Å²) in [7, 11) is 0. The van der Waals surface area contributed by atoms with E-state index in [1.165, 1.54) is 17.3 Å². The quantitative estimate of drug-likeness (QED) is 0.711. The molecule has 0 spiro atoms. The largest absolute Gasteiger partial charge is 0.312 e. The van der Waals surface area contributed by atoms with Gasteiger partial charge in [0, 0.05) is 21.5 Å². The van der Waals surface area contributed by atoms with Crippen LogP contribution in [0, 0.1) is 5.82 Å². The van der Waals surface area contributed by atoms with Crippen LogP contribution in [0.5, 0.6) is 0 Å². The zero-order chi connectivity index (χ0) is 14.7. The number of aromatic nitrogens is 3. The molecule has 0 unspecified atom stereocenters. The molecule has 0 aliphatic carbocycles. The van der Waals surface area contributed by atoms with Gasteiger partial charge >= 0.3 is 0 Å². The van der Waals surface area contributed by atoms with Crippen molar-refractivity contribution in [1.29, 1.82) is 0 Å². The predicted molar refractivity (Wildman–Crippen MR) is 82.9 cm³/mol. The third-order valence-electron chi connectivity index (χ3n) is 3.35. The second-order valence-electron chi connectivity index (χ2n) is 4.89. The highest BCUT2D eigenvalue weighted by atomic mass is 32.1. The van der Waals surface area contributed by atoms with Crippen molar-refractivity contribution in [3.63, 3.8) is 0 Å². The van der Waals surface area contributed by atoms with Crippen LogP contribution < -0.4 is 5.32 Å². The van der Waals surface area contributed by atoms with Crippen molar-refractivity contribution < 1.29 is 4.39 Å². The lowest BCUT2D eigenvalue weighted by atomic mass is 10.1. The second kappa shape index (κ2) is 6.32. The molecular formula is C15H17FN4S. The molecule has 21 heavy (non-hydrogen) atoms. The smallest absolute Gasteiger partial charge is 0.137 e. The van der Waals surface area contributed by atoms with Crippen LogP contribution >= 0.6 is 11.3 Å². The summed E-state index contributed by atoms with van der Waals surface area (Å²) in [6.07, 6.45) is 4.24. The molecular weight excluding hydrogens is 287 g/mol. The highest BCUT2D eigenvalue weighted by Gasteiger charge is 2.15. The Morgan fingerprint density at radius 3 is 3.05 bits per heavy atom. The maximum absolute atomic E-state index is 14.2. The van der Waals surface area contributed by atoms with E-state index >= 15 is 0 Å². The first kappa shape index (κ1) is 14.2. The van der Waals surface area contributed by atoms with Gasteiger partial charge in [0.25, 0.3) is 0 Å². The number of halogens is 1. The minimum atomic E-state index is -0.166. The number of hydrogen-bond acceptors (Lipinski definition) is 4. The molecule has 0 radical (unpaired) electrons. The maximum atomic E-state index is 14.2. The highest BCUT2D eigenvalue weighted by molar-refractivity contribution is 7.19. The summed E-state index contributed by atoms with van der Waals surface area (Å²) in [5.41, 5.74) is 1.00. The van der Waals surface area contributed by atoms with Crippen LogP contribution in [0.1, 0.15) is 23.8 Å². The number of thiophene rings is 1. The van der Waals surface area contributed by atoms with Crippen molar-refractivity contribution in [2.75, 3.05) is 6.54 Å². The van der Waals surface area contributed by atoms with Crippen molar-refractivity contribution in [3.05, 3.63) is 47.1 Å². The van der Waals surface area contributed by atoms with Crippen molar-refractivity contribution in [2.45, 2.75) is 26.4 Å². The number of nitrogens with one attached hydrogen (secondary N) is 1. The second-order valence-corrected chi connectivity index (χ2v) is 6.02. The van der Waals surface area contributed by atoms with Crippen LogP contribution in [-0.2, 0) is 13.1 Å². The lowest BCUT2D eigenvalue weighted by Gasteiger charge is -2.06. The SMILES string of the molecule is CCCNCc1sc2cccc(F)c2c1Cn1cncn1. The first-order valence-electron chi connectivity index (χ1n) is 7.01. The molecule has 2 aromatic heterocycles. The molecule has 0 atom stereocenters. The van der Waals surface area contributed by atoms with E-state index in [4.69, 9.17) is 0 Å². The summed E-state index contributed by atoms with van der Waals surface area (Å²) < 4.78 is 16.9. The summed E-state index contributed by atoms with van der Waals surface area (Å²) in [4.78, 5) is 5.12. The first-order valence-corrected chi connectivity index (χ1v) is 7.83. The van der Waals surface area contributed by atoms with Gasteiger partial charge in [-0.25, -0.2) is 14.1 Å². The average Bonchev–Trinajstić information content (AvgIpc) is 3.09. The molecule has 0 saturated carbocycles. The van der Waals surface area contributed by atoms with Gasteiger partial charge in [0.1, 0.15) is 18.5 Å².